The highest BCUT2D eigenvalue weighted by Gasteiger charge is 2.31. The predicted molar refractivity (Wildman–Crippen MR) is 129 cm³/mol. The fourth-order valence-corrected chi connectivity index (χ4v) is 5.22. The van der Waals surface area contributed by atoms with Crippen LogP contribution in [0.4, 0.5) is 5.69 Å². The Labute approximate surface area is 190 Å². The van der Waals surface area contributed by atoms with Crippen molar-refractivity contribution in [1.82, 2.24) is 19.4 Å². The zero-order valence-electron chi connectivity index (χ0n) is 19.2. The summed E-state index contributed by atoms with van der Waals surface area (Å²) in [5.74, 6) is 1.62. The monoisotopic (exact) mass is 431 g/mol. The standard InChI is InChI=1S/C26H33N5O/c1-20-7-3-5-9-23(20)30-15-17-31(18-16-30)26(32)21-11-13-29(14-12-21)19-25-27-22-8-4-6-10-24(22)28(25)2/h3-10,21H,11-19H2,1-2H3. The second kappa shape index (κ2) is 8.94. The van der Waals surface area contributed by atoms with Crippen LogP contribution in [-0.4, -0.2) is 64.5 Å². The van der Waals surface area contributed by atoms with Gasteiger partial charge in [0, 0.05) is 44.8 Å². The van der Waals surface area contributed by atoms with Gasteiger partial charge in [0.05, 0.1) is 17.6 Å². The molecule has 3 aromatic rings. The molecule has 6 heteroatoms. The van der Waals surface area contributed by atoms with Crippen LogP contribution in [0.5, 0.6) is 0 Å². The molecule has 3 heterocycles. The fourth-order valence-electron chi connectivity index (χ4n) is 5.22. The Kier molecular flexibility index (Phi) is 5.87. The molecule has 2 aliphatic heterocycles. The Morgan fingerprint density at radius 3 is 2.34 bits per heavy atom. The van der Waals surface area contributed by atoms with Crippen LogP contribution in [0.1, 0.15) is 24.2 Å². The van der Waals surface area contributed by atoms with Gasteiger partial charge in [-0.3, -0.25) is 9.69 Å². The van der Waals surface area contributed by atoms with Crippen molar-refractivity contribution in [2.24, 2.45) is 13.0 Å². The maximum absolute atomic E-state index is 13.2. The number of imidazole rings is 1. The van der Waals surface area contributed by atoms with Gasteiger partial charge in [0.25, 0.3) is 0 Å². The number of carbonyl (C=O) groups excluding carboxylic acids is 1. The minimum absolute atomic E-state index is 0.164. The normalized spacial score (nSPS) is 18.4. The van der Waals surface area contributed by atoms with E-state index in [4.69, 9.17) is 4.98 Å². The van der Waals surface area contributed by atoms with Gasteiger partial charge in [-0.05, 0) is 56.6 Å². The van der Waals surface area contributed by atoms with E-state index in [1.807, 2.05) is 6.07 Å². The highest BCUT2D eigenvalue weighted by molar-refractivity contribution is 5.79. The summed E-state index contributed by atoms with van der Waals surface area (Å²) in [6, 6.07) is 16.8. The smallest absolute Gasteiger partial charge is 0.225 e. The van der Waals surface area contributed by atoms with Gasteiger partial charge in [0.2, 0.25) is 5.91 Å². The van der Waals surface area contributed by atoms with Crippen LogP contribution in [0.3, 0.4) is 0 Å². The van der Waals surface area contributed by atoms with Gasteiger partial charge < -0.3 is 14.4 Å². The number of carbonyl (C=O) groups is 1. The van der Waals surface area contributed by atoms with Gasteiger partial charge >= 0.3 is 0 Å². The molecule has 168 valence electrons. The first-order valence-corrected chi connectivity index (χ1v) is 11.8. The number of para-hydroxylation sites is 3. The first kappa shape index (κ1) is 21.0. The second-order valence-electron chi connectivity index (χ2n) is 9.23. The summed E-state index contributed by atoms with van der Waals surface area (Å²) in [7, 11) is 2.09. The summed E-state index contributed by atoms with van der Waals surface area (Å²) >= 11 is 0. The molecular weight excluding hydrogens is 398 g/mol. The number of likely N-dealkylation sites (tertiary alicyclic amines) is 1. The van der Waals surface area contributed by atoms with Gasteiger partial charge in [-0.1, -0.05) is 30.3 Å². The molecule has 2 aliphatic rings. The largest absolute Gasteiger partial charge is 0.368 e. The number of aryl methyl sites for hydroxylation is 2. The van der Waals surface area contributed by atoms with Gasteiger partial charge in [-0.2, -0.15) is 0 Å². The maximum Gasteiger partial charge on any atom is 0.225 e. The number of nitrogens with zero attached hydrogens (tertiary/aromatic N) is 5. The van der Waals surface area contributed by atoms with Crippen molar-refractivity contribution in [3.63, 3.8) is 0 Å². The molecule has 0 aliphatic carbocycles. The molecule has 1 amide bonds. The molecule has 0 spiro atoms. The molecule has 2 aromatic carbocycles. The maximum atomic E-state index is 13.2. The summed E-state index contributed by atoms with van der Waals surface area (Å²) in [4.78, 5) is 24.9. The van der Waals surface area contributed by atoms with E-state index in [9.17, 15) is 4.79 Å². The van der Waals surface area contributed by atoms with Crippen molar-refractivity contribution >= 4 is 22.6 Å². The topological polar surface area (TPSA) is 44.6 Å². The number of rotatable bonds is 4. The van der Waals surface area contributed by atoms with E-state index >= 15 is 0 Å². The number of aromatic nitrogens is 2. The molecule has 32 heavy (non-hydrogen) atoms. The van der Waals surface area contributed by atoms with Gasteiger partial charge in [0.1, 0.15) is 5.82 Å². The van der Waals surface area contributed by atoms with Crippen molar-refractivity contribution in [3.8, 4) is 0 Å². The molecule has 2 saturated heterocycles. The average Bonchev–Trinajstić information content (AvgIpc) is 3.15. The molecule has 0 bridgehead atoms. The summed E-state index contributed by atoms with van der Waals surface area (Å²) in [5, 5.41) is 0. The lowest BCUT2D eigenvalue weighted by atomic mass is 9.95. The SMILES string of the molecule is Cc1ccccc1N1CCN(C(=O)C2CCN(Cc3nc4ccccc4n3C)CC2)CC1. The summed E-state index contributed by atoms with van der Waals surface area (Å²) in [5.41, 5.74) is 4.84. The molecule has 1 aromatic heterocycles. The Morgan fingerprint density at radius 2 is 1.62 bits per heavy atom. The van der Waals surface area contributed by atoms with E-state index in [0.717, 1.165) is 70.0 Å². The zero-order chi connectivity index (χ0) is 22.1. The third kappa shape index (κ3) is 4.11. The Bertz CT molecular complexity index is 1090. The number of anilines is 1. The summed E-state index contributed by atoms with van der Waals surface area (Å²) in [6.45, 7) is 8.42. The van der Waals surface area contributed by atoms with Crippen molar-refractivity contribution < 1.29 is 4.79 Å². The molecule has 0 unspecified atom stereocenters. The first-order valence-electron chi connectivity index (χ1n) is 11.8. The first-order chi connectivity index (χ1) is 15.6. The van der Waals surface area contributed by atoms with Crippen LogP contribution >= 0.6 is 0 Å². The van der Waals surface area contributed by atoms with Gasteiger partial charge in [0.15, 0.2) is 0 Å². The number of piperidine rings is 1. The molecule has 0 N–H and O–H groups in total. The van der Waals surface area contributed by atoms with Crippen LogP contribution in [0.15, 0.2) is 48.5 Å². The second-order valence-corrected chi connectivity index (χ2v) is 9.23. The highest BCUT2D eigenvalue weighted by Crippen LogP contribution is 2.25. The molecule has 5 rings (SSSR count). The predicted octanol–water partition coefficient (Wildman–Crippen LogP) is 3.44. The quantitative estimate of drug-likeness (QED) is 0.635. The van der Waals surface area contributed by atoms with E-state index in [1.165, 1.54) is 16.8 Å². The highest BCUT2D eigenvalue weighted by atomic mass is 16.2. The van der Waals surface area contributed by atoms with E-state index in [1.54, 1.807) is 0 Å². The van der Waals surface area contributed by atoms with Crippen LogP contribution in [0.2, 0.25) is 0 Å². The van der Waals surface area contributed by atoms with Gasteiger partial charge in [-0.15, -0.1) is 0 Å². The van der Waals surface area contributed by atoms with E-state index < -0.39 is 0 Å². The van der Waals surface area contributed by atoms with Crippen molar-refractivity contribution in [1.29, 1.82) is 0 Å². The van der Waals surface area contributed by atoms with Crippen LogP contribution < -0.4 is 4.90 Å². The lowest BCUT2D eigenvalue weighted by Crippen LogP contribution is -2.51. The van der Waals surface area contributed by atoms with E-state index in [-0.39, 0.29) is 5.92 Å². The Morgan fingerprint density at radius 1 is 0.938 bits per heavy atom. The molecular formula is C26H33N5O. The fraction of sp³-hybridized carbons (Fsp3) is 0.462. The Hall–Kier alpha value is -2.86. The number of piperazine rings is 1. The minimum Gasteiger partial charge on any atom is -0.368 e. The average molecular weight is 432 g/mol. The number of fused-ring (bicyclic) bond motifs is 1. The minimum atomic E-state index is 0.164. The zero-order valence-corrected chi connectivity index (χ0v) is 19.2. The van der Waals surface area contributed by atoms with E-state index in [0.29, 0.717) is 5.91 Å². The van der Waals surface area contributed by atoms with Crippen molar-refractivity contribution in [3.05, 3.63) is 59.9 Å². The summed E-state index contributed by atoms with van der Waals surface area (Å²) in [6.07, 6.45) is 1.89. The molecule has 6 nitrogen and oxygen atoms in total. The van der Waals surface area contributed by atoms with Gasteiger partial charge in [-0.25, -0.2) is 4.98 Å². The molecule has 0 saturated carbocycles. The summed E-state index contributed by atoms with van der Waals surface area (Å²) < 4.78 is 2.19. The van der Waals surface area contributed by atoms with Crippen molar-refractivity contribution in [2.75, 3.05) is 44.2 Å². The Balaban J connectivity index is 1.13. The lowest BCUT2D eigenvalue weighted by Gasteiger charge is -2.39. The molecule has 0 atom stereocenters. The number of benzene rings is 2. The molecule has 2 fully saturated rings. The number of hydrogen-bond donors (Lipinski definition) is 0. The van der Waals surface area contributed by atoms with Crippen molar-refractivity contribution in [2.45, 2.75) is 26.3 Å². The lowest BCUT2D eigenvalue weighted by molar-refractivity contribution is -0.137. The number of hydrogen-bond acceptors (Lipinski definition) is 4. The third-order valence-corrected chi connectivity index (χ3v) is 7.23. The number of amides is 1. The van der Waals surface area contributed by atoms with Crippen LogP contribution in [0.25, 0.3) is 11.0 Å². The van der Waals surface area contributed by atoms with Crippen LogP contribution in [-0.2, 0) is 18.4 Å². The van der Waals surface area contributed by atoms with E-state index in [2.05, 4.69) is 75.7 Å². The molecule has 0 radical (unpaired) electrons. The van der Waals surface area contributed by atoms with Crippen LogP contribution in [0, 0.1) is 12.8 Å². The third-order valence-electron chi connectivity index (χ3n) is 7.23.